The molecule has 0 heterocycles. The first-order valence-corrected chi connectivity index (χ1v) is 13.0. The SMILES string of the molecule is CC1CCC([C@H](NC(=O)c2cc3ccccc3cc2NC(=O)Nc2c(Cl)cc(Cl)cc2Cl)C(=O)O)CC1. The Bertz CT molecular complexity index is 1330. The molecule has 1 aliphatic carbocycles. The number of hydrogen-bond donors (Lipinski definition) is 4. The Morgan fingerprint density at radius 2 is 1.49 bits per heavy atom. The van der Waals surface area contributed by atoms with Gasteiger partial charge in [0, 0.05) is 5.02 Å². The highest BCUT2D eigenvalue weighted by atomic mass is 35.5. The van der Waals surface area contributed by atoms with Gasteiger partial charge in [-0.1, -0.05) is 78.8 Å². The van der Waals surface area contributed by atoms with E-state index >= 15 is 0 Å². The van der Waals surface area contributed by atoms with Crippen molar-refractivity contribution in [2.75, 3.05) is 10.6 Å². The Kier molecular flexibility index (Phi) is 8.47. The molecule has 10 heteroatoms. The van der Waals surface area contributed by atoms with Gasteiger partial charge in [-0.05, 0) is 59.7 Å². The summed E-state index contributed by atoms with van der Waals surface area (Å²) >= 11 is 18.3. The summed E-state index contributed by atoms with van der Waals surface area (Å²) in [7, 11) is 0. The normalized spacial score (nSPS) is 18.2. The fourth-order valence-corrected chi connectivity index (χ4v) is 5.59. The van der Waals surface area contributed by atoms with Crippen molar-refractivity contribution < 1.29 is 19.5 Å². The minimum Gasteiger partial charge on any atom is -0.480 e. The molecular weight excluding hydrogens is 537 g/mol. The van der Waals surface area contributed by atoms with Crippen LogP contribution in [-0.4, -0.2) is 29.1 Å². The van der Waals surface area contributed by atoms with E-state index < -0.39 is 23.9 Å². The van der Waals surface area contributed by atoms with Crippen LogP contribution in [0.5, 0.6) is 0 Å². The molecule has 7 nitrogen and oxygen atoms in total. The average Bonchev–Trinajstić information content (AvgIpc) is 2.84. The summed E-state index contributed by atoms with van der Waals surface area (Å²) in [6, 6.07) is 11.8. The maximum Gasteiger partial charge on any atom is 0.326 e. The highest BCUT2D eigenvalue weighted by molar-refractivity contribution is 6.42. The van der Waals surface area contributed by atoms with E-state index in [4.69, 9.17) is 34.8 Å². The lowest BCUT2D eigenvalue weighted by Crippen LogP contribution is -2.47. The van der Waals surface area contributed by atoms with E-state index in [-0.39, 0.29) is 32.9 Å². The molecule has 4 rings (SSSR count). The van der Waals surface area contributed by atoms with Gasteiger partial charge in [0.15, 0.2) is 0 Å². The largest absolute Gasteiger partial charge is 0.480 e. The third kappa shape index (κ3) is 6.47. The third-order valence-corrected chi connectivity index (χ3v) is 7.52. The number of benzene rings is 3. The first kappa shape index (κ1) is 27.0. The smallest absolute Gasteiger partial charge is 0.326 e. The molecule has 3 aromatic rings. The molecule has 3 amide bonds. The van der Waals surface area contributed by atoms with E-state index in [1.54, 1.807) is 12.1 Å². The molecule has 0 aromatic heterocycles. The Hall–Kier alpha value is -3.00. The summed E-state index contributed by atoms with van der Waals surface area (Å²) in [5.41, 5.74) is 0.503. The highest BCUT2D eigenvalue weighted by Gasteiger charge is 2.33. The van der Waals surface area contributed by atoms with E-state index in [1.165, 1.54) is 12.1 Å². The maximum atomic E-state index is 13.4. The second-order valence-corrected chi connectivity index (χ2v) is 10.6. The summed E-state index contributed by atoms with van der Waals surface area (Å²) in [5.74, 6) is -1.28. The third-order valence-electron chi connectivity index (χ3n) is 6.71. The number of carbonyl (C=O) groups is 3. The molecule has 3 aromatic carbocycles. The van der Waals surface area contributed by atoms with Crippen LogP contribution in [0.15, 0.2) is 48.5 Å². The molecule has 1 saturated carbocycles. The van der Waals surface area contributed by atoms with E-state index in [2.05, 4.69) is 22.9 Å². The molecule has 0 unspecified atom stereocenters. The van der Waals surface area contributed by atoms with Crippen molar-refractivity contribution in [3.8, 4) is 0 Å². The molecule has 194 valence electrons. The number of urea groups is 1. The van der Waals surface area contributed by atoms with Gasteiger partial charge in [-0.2, -0.15) is 0 Å². The van der Waals surface area contributed by atoms with Crippen molar-refractivity contribution in [1.29, 1.82) is 0 Å². The van der Waals surface area contributed by atoms with Crippen LogP contribution in [0.4, 0.5) is 16.2 Å². The Morgan fingerprint density at radius 3 is 2.08 bits per heavy atom. The van der Waals surface area contributed by atoms with Crippen LogP contribution >= 0.6 is 34.8 Å². The average molecular weight is 563 g/mol. The predicted octanol–water partition coefficient (Wildman–Crippen LogP) is 7.45. The number of amides is 3. The van der Waals surface area contributed by atoms with Gasteiger partial charge >= 0.3 is 12.0 Å². The van der Waals surface area contributed by atoms with E-state index in [1.807, 2.05) is 24.3 Å². The zero-order valence-electron chi connectivity index (χ0n) is 20.0. The summed E-state index contributed by atoms with van der Waals surface area (Å²) < 4.78 is 0. The minimum absolute atomic E-state index is 0.137. The standard InChI is InChI=1S/C27H26Cl3N3O4/c1-14-6-8-15(9-7-14)23(26(35)36)32-25(34)19-10-16-4-2-3-5-17(16)11-22(19)31-27(37)33-24-20(29)12-18(28)13-21(24)30/h2-5,10-15,23H,6-9H2,1H3,(H,32,34)(H,35,36)(H2,31,33,37)/t14?,15?,23-/m0/s1. The van der Waals surface area contributed by atoms with Crippen molar-refractivity contribution in [2.24, 2.45) is 11.8 Å². The number of halogens is 3. The molecule has 1 atom stereocenters. The van der Waals surface area contributed by atoms with Crippen molar-refractivity contribution in [1.82, 2.24) is 5.32 Å². The number of carbonyl (C=O) groups excluding carboxylic acids is 2. The van der Waals surface area contributed by atoms with Crippen molar-refractivity contribution in [2.45, 2.75) is 38.6 Å². The Morgan fingerprint density at radius 1 is 0.892 bits per heavy atom. The van der Waals surface area contributed by atoms with Crippen LogP contribution in [0.3, 0.4) is 0 Å². The molecule has 1 fully saturated rings. The van der Waals surface area contributed by atoms with Gasteiger partial charge in [-0.3, -0.25) is 4.79 Å². The lowest BCUT2D eigenvalue weighted by atomic mass is 9.79. The molecule has 4 N–H and O–H groups in total. The van der Waals surface area contributed by atoms with Crippen molar-refractivity contribution >= 4 is 74.9 Å². The zero-order chi connectivity index (χ0) is 26.7. The van der Waals surface area contributed by atoms with Crippen LogP contribution in [-0.2, 0) is 4.79 Å². The lowest BCUT2D eigenvalue weighted by Gasteiger charge is -2.31. The van der Waals surface area contributed by atoms with Gasteiger partial charge in [0.25, 0.3) is 5.91 Å². The number of carboxylic acid groups (broad SMARTS) is 1. The van der Waals surface area contributed by atoms with Gasteiger partial charge in [-0.15, -0.1) is 0 Å². The van der Waals surface area contributed by atoms with Crippen LogP contribution < -0.4 is 16.0 Å². The van der Waals surface area contributed by atoms with Crippen LogP contribution in [0.2, 0.25) is 15.1 Å². The second-order valence-electron chi connectivity index (χ2n) is 9.38. The first-order valence-electron chi connectivity index (χ1n) is 11.9. The quantitative estimate of drug-likeness (QED) is 0.250. The van der Waals surface area contributed by atoms with Crippen LogP contribution in [0.1, 0.15) is 43.0 Å². The van der Waals surface area contributed by atoms with Crippen LogP contribution in [0.25, 0.3) is 10.8 Å². The van der Waals surface area contributed by atoms with Crippen molar-refractivity contribution in [3.63, 3.8) is 0 Å². The highest BCUT2D eigenvalue weighted by Crippen LogP contribution is 2.34. The summed E-state index contributed by atoms with van der Waals surface area (Å²) in [6.45, 7) is 2.15. The Labute approximate surface area is 229 Å². The second kappa shape index (κ2) is 11.6. The number of anilines is 2. The molecule has 1 aliphatic rings. The Balaban J connectivity index is 1.62. The van der Waals surface area contributed by atoms with Gasteiger partial charge < -0.3 is 21.1 Å². The molecule has 0 spiro atoms. The lowest BCUT2D eigenvalue weighted by molar-refractivity contribution is -0.141. The van der Waals surface area contributed by atoms with Gasteiger partial charge in [0.2, 0.25) is 0 Å². The number of aliphatic carboxylic acids is 1. The minimum atomic E-state index is -1.08. The number of hydrogen-bond acceptors (Lipinski definition) is 3. The number of carboxylic acids is 1. The molecular formula is C27H26Cl3N3O4. The topological polar surface area (TPSA) is 108 Å². The molecule has 0 radical (unpaired) electrons. The number of rotatable bonds is 6. The molecule has 0 bridgehead atoms. The van der Waals surface area contributed by atoms with Gasteiger partial charge in [0.1, 0.15) is 6.04 Å². The number of nitrogens with one attached hydrogen (secondary N) is 3. The summed E-state index contributed by atoms with van der Waals surface area (Å²) in [5, 5.41) is 20.0. The molecule has 0 aliphatic heterocycles. The number of fused-ring (bicyclic) bond motifs is 1. The monoisotopic (exact) mass is 561 g/mol. The van der Waals surface area contributed by atoms with Crippen molar-refractivity contribution in [3.05, 3.63) is 69.2 Å². The maximum absolute atomic E-state index is 13.4. The molecule has 0 saturated heterocycles. The van der Waals surface area contributed by atoms with E-state index in [0.717, 1.165) is 36.5 Å². The van der Waals surface area contributed by atoms with E-state index in [0.29, 0.717) is 10.9 Å². The molecule has 37 heavy (non-hydrogen) atoms. The van der Waals surface area contributed by atoms with Gasteiger partial charge in [0.05, 0.1) is 27.0 Å². The summed E-state index contributed by atoms with van der Waals surface area (Å²) in [4.78, 5) is 38.4. The van der Waals surface area contributed by atoms with E-state index in [9.17, 15) is 19.5 Å². The fraction of sp³-hybridized carbons (Fsp3) is 0.296. The first-order chi connectivity index (χ1) is 17.6. The summed E-state index contributed by atoms with van der Waals surface area (Å²) in [6.07, 6.45) is 3.30. The van der Waals surface area contributed by atoms with Gasteiger partial charge in [-0.25, -0.2) is 9.59 Å². The zero-order valence-corrected chi connectivity index (χ0v) is 22.3. The predicted molar refractivity (Wildman–Crippen MR) is 148 cm³/mol. The van der Waals surface area contributed by atoms with Crippen LogP contribution in [0, 0.1) is 11.8 Å². The fourth-order valence-electron chi connectivity index (χ4n) is 4.68.